The summed E-state index contributed by atoms with van der Waals surface area (Å²) in [5.74, 6) is 2.69. The highest BCUT2D eigenvalue weighted by molar-refractivity contribution is 6.18. The Kier molecular flexibility index (Phi) is 21.1. The Bertz CT molecular complexity index is 7130. The third-order valence-corrected chi connectivity index (χ3v) is 24.0. The fourth-order valence-electron chi connectivity index (χ4n) is 18.7. The van der Waals surface area contributed by atoms with Crippen molar-refractivity contribution in [2.45, 2.75) is 184 Å². The van der Waals surface area contributed by atoms with Gasteiger partial charge in [0.15, 0.2) is 0 Å². The first-order valence-corrected chi connectivity index (χ1v) is 43.2. The van der Waals surface area contributed by atoms with E-state index in [-0.39, 0.29) is 38.5 Å². The lowest BCUT2D eigenvalue weighted by Gasteiger charge is -2.26. The molecular weight excluding hydrogens is 1480 g/mol. The van der Waals surface area contributed by atoms with Crippen LogP contribution in [0.2, 0.25) is 0 Å². The fraction of sp³-hybridized carbons (Fsp3) is 0.243. The van der Waals surface area contributed by atoms with Gasteiger partial charge in [-0.3, -0.25) is 0 Å². The highest BCUT2D eigenvalue weighted by Gasteiger charge is 2.30. The molecule has 0 spiro atoms. The fourth-order valence-corrected chi connectivity index (χ4v) is 18.7. The normalized spacial score (nSPS) is 12.5. The van der Waals surface area contributed by atoms with Gasteiger partial charge < -0.3 is 27.4 Å². The van der Waals surface area contributed by atoms with E-state index in [4.69, 9.17) is 11.7 Å². The van der Waals surface area contributed by atoms with Gasteiger partial charge in [-0.05, 0) is 246 Å². The molecule has 7 nitrogen and oxygen atoms in total. The van der Waals surface area contributed by atoms with E-state index in [0.717, 1.165) is 27.4 Å². The van der Waals surface area contributed by atoms with Crippen molar-refractivity contribution in [3.8, 4) is 46.4 Å². The number of aromatic nitrogens is 6. The summed E-state index contributed by atoms with van der Waals surface area (Å²) in [5.41, 5.74) is 26.3. The molecule has 0 N–H and O–H groups in total. The zero-order valence-electron chi connectivity index (χ0n) is 75.2. The van der Waals surface area contributed by atoms with Crippen molar-refractivity contribution in [3.63, 3.8) is 0 Å². The van der Waals surface area contributed by atoms with Gasteiger partial charge in [0.05, 0.1) is 33.7 Å². The molecular formula is C115H115N7. The second kappa shape index (κ2) is 31.2. The monoisotopic (exact) mass is 1590 g/mol. The Hall–Kier alpha value is -13.1. The van der Waals surface area contributed by atoms with Crippen molar-refractivity contribution < 1.29 is 0 Å². The van der Waals surface area contributed by atoms with Gasteiger partial charge in [-0.25, -0.2) is 0 Å². The smallest absolute Gasteiger partial charge is 0.0991 e. The summed E-state index contributed by atoms with van der Waals surface area (Å²) in [7, 11) is 0. The molecule has 7 heteroatoms. The minimum atomic E-state index is -0.0598. The number of rotatable bonds is 3. The van der Waals surface area contributed by atoms with E-state index in [9.17, 15) is 0 Å². The van der Waals surface area contributed by atoms with E-state index in [2.05, 4.69) is 464 Å². The molecule has 6 heterocycles. The third-order valence-electron chi connectivity index (χ3n) is 24.0. The first-order chi connectivity index (χ1) is 57.9. The van der Waals surface area contributed by atoms with E-state index in [1.54, 1.807) is 0 Å². The molecule has 20 aromatic rings. The van der Waals surface area contributed by atoms with Gasteiger partial charge in [0.1, 0.15) is 0 Å². The molecule has 0 fully saturated rings. The van der Waals surface area contributed by atoms with Crippen LogP contribution in [0.3, 0.4) is 0 Å². The summed E-state index contributed by atoms with van der Waals surface area (Å²) in [6.07, 6.45) is 5.52. The van der Waals surface area contributed by atoms with Crippen LogP contribution in [0.15, 0.2) is 309 Å². The van der Waals surface area contributed by atoms with E-state index < -0.39 is 0 Å². The van der Waals surface area contributed by atoms with Crippen molar-refractivity contribution in [3.05, 3.63) is 332 Å². The Morgan fingerprint density at radius 3 is 0.844 bits per heavy atom. The zero-order valence-corrected chi connectivity index (χ0v) is 75.2. The lowest BCUT2D eigenvalue weighted by atomic mass is 9.85. The van der Waals surface area contributed by atoms with Crippen LogP contribution in [0.25, 0.3) is 159 Å². The molecule has 0 amide bonds. The molecule has 20 rings (SSSR count). The van der Waals surface area contributed by atoms with Crippen molar-refractivity contribution in [2.24, 2.45) is 0 Å². The first kappa shape index (κ1) is 82.6. The molecule has 0 aliphatic carbocycles. The Labute approximate surface area is 720 Å². The molecule has 0 atom stereocenters. The van der Waals surface area contributed by atoms with Crippen LogP contribution < -0.4 is 0 Å². The number of nitriles is 1. The average Bonchev–Trinajstić information content (AvgIpc) is 1.56. The van der Waals surface area contributed by atoms with Crippen LogP contribution in [0.5, 0.6) is 0 Å². The number of hydrogen-bond donors (Lipinski definition) is 0. The average molecular weight is 1600 g/mol. The van der Waals surface area contributed by atoms with Crippen molar-refractivity contribution >= 4 is 131 Å². The van der Waals surface area contributed by atoms with Crippen LogP contribution in [-0.4, -0.2) is 27.4 Å². The second-order valence-corrected chi connectivity index (χ2v) is 40.0. The molecule has 610 valence electrons. The minimum absolute atomic E-state index is 0.00964. The molecule has 6 aromatic heterocycles. The number of terminal acetylenes is 1. The van der Waals surface area contributed by atoms with Gasteiger partial charge in [-0.15, -0.1) is 6.42 Å². The van der Waals surface area contributed by atoms with E-state index in [0.29, 0.717) is 5.56 Å². The lowest BCUT2D eigenvalue weighted by molar-refractivity contribution is 0.423. The number of nitrogens with zero attached hydrogens (tertiary/aromatic N) is 7. The van der Waals surface area contributed by atoms with Crippen LogP contribution in [0, 0.1) is 23.7 Å². The SMILES string of the molecule is C#Cc1ccc2c(c1)c1cc(C#N)ccc1n2C(C)(C)C.CC(C)(C)c1ccc2c(c1)c1cc(C(C)(C)C)ccc1n2C(C)(C)C.CC(C)(C)n1c2c(-c3ccccc3)cccc2c2cccc(-c3ccccc3)c21.CC(C)(C)n1c2ccccc2c2cc(-n3c4ccccc4c4ccccc43)ccc21.CC(C)(C)n1c2ccccc2c2ccccc21. The maximum absolute atomic E-state index is 9.15. The Balaban J connectivity index is 0.000000115. The molecule has 0 radical (unpaired) electrons. The van der Waals surface area contributed by atoms with Gasteiger partial charge in [0.25, 0.3) is 0 Å². The van der Waals surface area contributed by atoms with Crippen LogP contribution in [0.1, 0.15) is 168 Å². The summed E-state index contributed by atoms with van der Waals surface area (Å²) in [5, 5.41) is 24.6. The predicted molar refractivity (Wildman–Crippen MR) is 527 cm³/mol. The van der Waals surface area contributed by atoms with Gasteiger partial charge >= 0.3 is 0 Å². The maximum atomic E-state index is 9.15. The summed E-state index contributed by atoms with van der Waals surface area (Å²) in [6, 6.07) is 113. The standard InChI is InChI=1S/C28H24N2.C28H25N.C24H33N.C19H16N2.C16H17N/c1-28(2,3)30-26-15-9-6-12-22(26)23-18-19(16-17-27(23)30)29-24-13-7-4-10-20(24)21-11-5-8-14-25(21)29;1-28(2,3)29-26-22(20-12-6-4-7-13-20)16-10-18-24(26)25-19-11-17-23(27(25)29)21-14-8-5-9-15-21;1-22(2,3)16-10-12-20-18(14-16)19-15-17(23(4,5)6)11-13-21(19)25(20)24(7,8)9;1-5-13-6-8-17-15(10-13)16-11-14(12-20)7-9-18(16)21(17)19(2,3)4;1-16(2,3)17-14-10-6-4-8-12(14)13-9-5-7-11-15(13)17/h4-18H,1-3H3;4-19H,1-3H3;10-15H,1-9H3;1,6-11H,2-4H3;4-11H,1-3H3. The van der Waals surface area contributed by atoms with Gasteiger partial charge in [-0.1, -0.05) is 248 Å². The zero-order chi connectivity index (χ0) is 86.5. The largest absolute Gasteiger partial charge is 0.335 e. The minimum Gasteiger partial charge on any atom is -0.335 e. The molecule has 122 heavy (non-hydrogen) atoms. The summed E-state index contributed by atoms with van der Waals surface area (Å²) in [6.45, 7) is 47.7. The molecule has 0 saturated heterocycles. The first-order valence-electron chi connectivity index (χ1n) is 43.2. The third kappa shape index (κ3) is 15.2. The van der Waals surface area contributed by atoms with E-state index in [1.165, 1.54) is 148 Å². The quantitative estimate of drug-likeness (QED) is 0.163. The maximum Gasteiger partial charge on any atom is 0.0991 e. The molecule has 0 unspecified atom stereocenters. The van der Waals surface area contributed by atoms with Crippen molar-refractivity contribution in [1.29, 1.82) is 5.26 Å². The number of fused-ring (bicyclic) bond motifs is 18. The van der Waals surface area contributed by atoms with Crippen LogP contribution in [0.4, 0.5) is 0 Å². The number of benzene rings is 14. The highest BCUT2D eigenvalue weighted by Crippen LogP contribution is 2.46. The van der Waals surface area contributed by atoms with Crippen molar-refractivity contribution in [1.82, 2.24) is 27.4 Å². The Morgan fingerprint density at radius 1 is 0.230 bits per heavy atom. The summed E-state index contributed by atoms with van der Waals surface area (Å²) >= 11 is 0. The molecule has 14 aromatic carbocycles. The molecule has 0 aliphatic heterocycles. The van der Waals surface area contributed by atoms with Gasteiger partial charge in [0.2, 0.25) is 0 Å². The topological polar surface area (TPSA) is 53.4 Å². The van der Waals surface area contributed by atoms with Crippen LogP contribution in [-0.2, 0) is 38.5 Å². The molecule has 0 saturated carbocycles. The summed E-state index contributed by atoms with van der Waals surface area (Å²) in [4.78, 5) is 0. The molecule has 0 aliphatic rings. The van der Waals surface area contributed by atoms with E-state index in [1.807, 2.05) is 30.3 Å². The van der Waals surface area contributed by atoms with E-state index >= 15 is 0 Å². The van der Waals surface area contributed by atoms with Gasteiger partial charge in [-0.2, -0.15) is 5.26 Å². The van der Waals surface area contributed by atoms with Crippen molar-refractivity contribution in [2.75, 3.05) is 0 Å². The van der Waals surface area contributed by atoms with Gasteiger partial charge in [0, 0.05) is 159 Å². The lowest BCUT2D eigenvalue weighted by Crippen LogP contribution is -2.22. The number of para-hydroxylation sites is 7. The predicted octanol–water partition coefficient (Wildman–Crippen LogP) is 31.6. The highest BCUT2D eigenvalue weighted by atomic mass is 15.1. The summed E-state index contributed by atoms with van der Waals surface area (Å²) < 4.78 is 14.6. The Morgan fingerprint density at radius 2 is 0.500 bits per heavy atom. The van der Waals surface area contributed by atoms with Crippen LogP contribution >= 0.6 is 0 Å². The molecule has 0 bridgehead atoms. The number of hydrogen-bond acceptors (Lipinski definition) is 1. The second-order valence-electron chi connectivity index (χ2n) is 40.0.